The lowest BCUT2D eigenvalue weighted by atomic mass is 10.2. The second-order valence-corrected chi connectivity index (χ2v) is 7.19. The van der Waals surface area contributed by atoms with Crippen LogP contribution in [0.3, 0.4) is 0 Å². The molecule has 0 atom stereocenters. The molecule has 2 aromatic rings. The van der Waals surface area contributed by atoms with Crippen molar-refractivity contribution in [2.45, 2.75) is 18.2 Å². The largest absolute Gasteiger partial charge is 0.462 e. The zero-order valence-electron chi connectivity index (χ0n) is 13.7. The van der Waals surface area contributed by atoms with Crippen molar-refractivity contribution < 1.29 is 17.9 Å². The van der Waals surface area contributed by atoms with E-state index < -0.39 is 16.0 Å². The minimum absolute atomic E-state index is 0.0663. The number of sulfonamides is 1. The van der Waals surface area contributed by atoms with Crippen molar-refractivity contribution in [3.8, 4) is 0 Å². The van der Waals surface area contributed by atoms with Crippen LogP contribution in [-0.2, 0) is 21.2 Å². The Kier molecular flexibility index (Phi) is 6.05. The van der Waals surface area contributed by atoms with Crippen LogP contribution < -0.4 is 0 Å². The van der Waals surface area contributed by atoms with E-state index in [1.54, 1.807) is 13.1 Å². The van der Waals surface area contributed by atoms with Gasteiger partial charge in [0.15, 0.2) is 0 Å². The molecule has 7 heteroatoms. The molecule has 0 fully saturated rings. The standard InChI is InChI=1S/C17H20N2O4S/c1-3-23-17(20)14-7-6-9-16(13-14)24(21,22)19(2)12-10-15-8-4-5-11-18-15/h4-9,11,13H,3,10,12H2,1-2H3. The highest BCUT2D eigenvalue weighted by atomic mass is 32.2. The number of aromatic nitrogens is 1. The van der Waals surface area contributed by atoms with E-state index in [0.717, 1.165) is 5.69 Å². The van der Waals surface area contributed by atoms with Gasteiger partial charge in [-0.25, -0.2) is 17.5 Å². The quantitative estimate of drug-likeness (QED) is 0.716. The molecule has 0 bridgehead atoms. The van der Waals surface area contributed by atoms with Gasteiger partial charge in [-0.05, 0) is 37.3 Å². The third kappa shape index (κ3) is 4.39. The van der Waals surface area contributed by atoms with Crippen LogP contribution in [0, 0.1) is 0 Å². The van der Waals surface area contributed by atoms with Crippen molar-refractivity contribution in [3.63, 3.8) is 0 Å². The van der Waals surface area contributed by atoms with E-state index in [2.05, 4.69) is 4.98 Å². The number of pyridine rings is 1. The van der Waals surface area contributed by atoms with Crippen molar-refractivity contribution in [2.75, 3.05) is 20.2 Å². The fourth-order valence-corrected chi connectivity index (χ4v) is 3.33. The van der Waals surface area contributed by atoms with E-state index in [1.165, 1.54) is 35.6 Å². The molecule has 1 aromatic heterocycles. The molecular formula is C17H20N2O4S. The fraction of sp³-hybridized carbons (Fsp3) is 0.294. The van der Waals surface area contributed by atoms with E-state index in [-0.39, 0.29) is 17.1 Å². The number of rotatable bonds is 7. The number of hydrogen-bond donors (Lipinski definition) is 0. The van der Waals surface area contributed by atoms with Gasteiger partial charge in [-0.15, -0.1) is 0 Å². The van der Waals surface area contributed by atoms with Crippen LogP contribution in [-0.4, -0.2) is 43.9 Å². The molecule has 0 aliphatic carbocycles. The van der Waals surface area contributed by atoms with Gasteiger partial charge >= 0.3 is 5.97 Å². The van der Waals surface area contributed by atoms with E-state index >= 15 is 0 Å². The lowest BCUT2D eigenvalue weighted by Crippen LogP contribution is -2.29. The Morgan fingerprint density at radius 3 is 2.67 bits per heavy atom. The second-order valence-electron chi connectivity index (χ2n) is 5.15. The summed E-state index contributed by atoms with van der Waals surface area (Å²) in [5, 5.41) is 0. The number of carbonyl (C=O) groups excluding carboxylic acids is 1. The third-order valence-electron chi connectivity index (χ3n) is 3.46. The number of ether oxygens (including phenoxy) is 1. The Bertz CT molecular complexity index is 791. The smallest absolute Gasteiger partial charge is 0.338 e. The summed E-state index contributed by atoms with van der Waals surface area (Å²) in [4.78, 5) is 16.0. The van der Waals surface area contributed by atoms with E-state index in [1.807, 2.05) is 18.2 Å². The summed E-state index contributed by atoms with van der Waals surface area (Å²) in [5.41, 5.74) is 1.04. The average Bonchev–Trinajstić information content (AvgIpc) is 2.60. The summed E-state index contributed by atoms with van der Waals surface area (Å²) >= 11 is 0. The Labute approximate surface area is 142 Å². The summed E-state index contributed by atoms with van der Waals surface area (Å²) < 4.78 is 31.4. The number of likely N-dealkylation sites (N-methyl/N-ethyl adjacent to an activating group) is 1. The lowest BCUT2D eigenvalue weighted by molar-refractivity contribution is 0.0526. The van der Waals surface area contributed by atoms with Gasteiger partial charge < -0.3 is 4.74 Å². The minimum atomic E-state index is -3.68. The molecule has 0 amide bonds. The first-order valence-electron chi connectivity index (χ1n) is 7.58. The maximum atomic E-state index is 12.6. The normalized spacial score (nSPS) is 11.5. The Morgan fingerprint density at radius 2 is 2.00 bits per heavy atom. The van der Waals surface area contributed by atoms with Crippen LogP contribution in [0.5, 0.6) is 0 Å². The van der Waals surface area contributed by atoms with E-state index in [9.17, 15) is 13.2 Å². The first-order valence-corrected chi connectivity index (χ1v) is 9.02. The topological polar surface area (TPSA) is 76.6 Å². The molecule has 2 rings (SSSR count). The number of esters is 1. The predicted molar refractivity (Wildman–Crippen MR) is 90.2 cm³/mol. The molecule has 0 aliphatic rings. The van der Waals surface area contributed by atoms with Crippen molar-refractivity contribution >= 4 is 16.0 Å². The van der Waals surface area contributed by atoms with Gasteiger partial charge in [-0.1, -0.05) is 12.1 Å². The molecule has 0 radical (unpaired) electrons. The highest BCUT2D eigenvalue weighted by Crippen LogP contribution is 2.17. The summed E-state index contributed by atoms with van der Waals surface area (Å²) in [6.45, 7) is 2.23. The number of hydrogen-bond acceptors (Lipinski definition) is 5. The van der Waals surface area contributed by atoms with Gasteiger partial charge in [0, 0.05) is 31.9 Å². The van der Waals surface area contributed by atoms with Crippen LogP contribution in [0.4, 0.5) is 0 Å². The molecule has 6 nitrogen and oxygen atoms in total. The zero-order valence-corrected chi connectivity index (χ0v) is 14.5. The van der Waals surface area contributed by atoms with Crippen LogP contribution in [0.25, 0.3) is 0 Å². The number of carbonyl (C=O) groups is 1. The summed E-state index contributed by atoms with van der Waals surface area (Å²) in [5.74, 6) is -0.536. The number of nitrogens with zero attached hydrogens (tertiary/aromatic N) is 2. The van der Waals surface area contributed by atoms with Crippen LogP contribution >= 0.6 is 0 Å². The Morgan fingerprint density at radius 1 is 1.21 bits per heavy atom. The second kappa shape index (κ2) is 8.03. The molecule has 0 spiro atoms. The predicted octanol–water partition coefficient (Wildman–Crippen LogP) is 2.12. The Hall–Kier alpha value is -2.25. The monoisotopic (exact) mass is 348 g/mol. The van der Waals surface area contributed by atoms with Crippen LogP contribution in [0.15, 0.2) is 53.6 Å². The fourth-order valence-electron chi connectivity index (χ4n) is 2.12. The maximum Gasteiger partial charge on any atom is 0.338 e. The van der Waals surface area contributed by atoms with Gasteiger partial charge in [0.05, 0.1) is 17.1 Å². The highest BCUT2D eigenvalue weighted by molar-refractivity contribution is 7.89. The van der Waals surface area contributed by atoms with Crippen molar-refractivity contribution in [3.05, 3.63) is 59.9 Å². The van der Waals surface area contributed by atoms with Crippen molar-refractivity contribution in [1.29, 1.82) is 0 Å². The van der Waals surface area contributed by atoms with Gasteiger partial charge in [-0.3, -0.25) is 4.98 Å². The maximum absolute atomic E-state index is 12.6. The molecule has 0 N–H and O–H groups in total. The van der Waals surface area contributed by atoms with Gasteiger partial charge in [0.1, 0.15) is 0 Å². The summed E-state index contributed by atoms with van der Waals surface area (Å²) in [6.07, 6.45) is 2.18. The molecular weight excluding hydrogens is 328 g/mol. The summed E-state index contributed by atoms with van der Waals surface area (Å²) in [6, 6.07) is 11.4. The molecule has 0 unspecified atom stereocenters. The Balaban J connectivity index is 2.14. The average molecular weight is 348 g/mol. The van der Waals surface area contributed by atoms with Crippen molar-refractivity contribution in [2.24, 2.45) is 0 Å². The van der Waals surface area contributed by atoms with E-state index in [0.29, 0.717) is 13.0 Å². The van der Waals surface area contributed by atoms with Crippen molar-refractivity contribution in [1.82, 2.24) is 9.29 Å². The highest BCUT2D eigenvalue weighted by Gasteiger charge is 2.22. The molecule has 128 valence electrons. The zero-order chi connectivity index (χ0) is 17.6. The van der Waals surface area contributed by atoms with Crippen LogP contribution in [0.1, 0.15) is 23.0 Å². The first kappa shape index (κ1) is 18.1. The molecule has 0 saturated heterocycles. The van der Waals surface area contributed by atoms with Crippen LogP contribution in [0.2, 0.25) is 0 Å². The first-order chi connectivity index (χ1) is 11.4. The summed E-state index contributed by atoms with van der Waals surface area (Å²) in [7, 11) is -2.17. The SMILES string of the molecule is CCOC(=O)c1cccc(S(=O)(=O)N(C)CCc2ccccn2)c1. The number of benzene rings is 1. The van der Waals surface area contributed by atoms with E-state index in [4.69, 9.17) is 4.74 Å². The van der Waals surface area contributed by atoms with Gasteiger partial charge in [0.25, 0.3) is 0 Å². The molecule has 1 heterocycles. The van der Waals surface area contributed by atoms with Gasteiger partial charge in [0.2, 0.25) is 10.0 Å². The third-order valence-corrected chi connectivity index (χ3v) is 5.32. The molecule has 0 aliphatic heterocycles. The minimum Gasteiger partial charge on any atom is -0.462 e. The lowest BCUT2D eigenvalue weighted by Gasteiger charge is -2.17. The van der Waals surface area contributed by atoms with Gasteiger partial charge in [-0.2, -0.15) is 0 Å². The molecule has 24 heavy (non-hydrogen) atoms. The molecule has 0 saturated carbocycles. The molecule has 1 aromatic carbocycles.